The van der Waals surface area contributed by atoms with Gasteiger partial charge in [0.15, 0.2) is 0 Å². The number of benzene rings is 1. The van der Waals surface area contributed by atoms with Crippen molar-refractivity contribution in [2.45, 2.75) is 37.8 Å². The van der Waals surface area contributed by atoms with Crippen LogP contribution in [0.3, 0.4) is 0 Å². The van der Waals surface area contributed by atoms with Gasteiger partial charge in [-0.05, 0) is 69.8 Å². The molecule has 1 amide bonds. The van der Waals surface area contributed by atoms with Crippen molar-refractivity contribution < 1.29 is 9.53 Å². The molecule has 0 heterocycles. The Labute approximate surface area is 149 Å². The summed E-state index contributed by atoms with van der Waals surface area (Å²) in [5.41, 5.74) is 0.552. The van der Waals surface area contributed by atoms with Crippen LogP contribution in [0.5, 0.6) is 5.75 Å². The summed E-state index contributed by atoms with van der Waals surface area (Å²) in [7, 11) is 7.84. The first-order valence-corrected chi connectivity index (χ1v) is 9.05. The predicted molar refractivity (Wildman–Crippen MR) is 96.8 cm³/mol. The summed E-state index contributed by atoms with van der Waals surface area (Å²) in [5.74, 6) is 2.09. The van der Waals surface area contributed by atoms with Crippen LogP contribution in [0.25, 0.3) is 0 Å². The van der Waals surface area contributed by atoms with Crippen molar-refractivity contribution in [2.24, 2.45) is 11.8 Å². The summed E-state index contributed by atoms with van der Waals surface area (Å²) in [5, 5.41) is 0.560. The Hall–Kier alpha value is -1.26. The first-order valence-electron chi connectivity index (χ1n) is 8.67. The Bertz CT molecular complexity index is 605. The molecule has 0 bridgehead atoms. The molecule has 2 aliphatic carbocycles. The molecule has 4 atom stereocenters. The van der Waals surface area contributed by atoms with Gasteiger partial charge in [-0.2, -0.15) is 0 Å². The van der Waals surface area contributed by atoms with Crippen molar-refractivity contribution in [2.75, 3.05) is 28.3 Å². The largest absolute Gasteiger partial charge is 0.496 e. The summed E-state index contributed by atoms with van der Waals surface area (Å²) < 4.78 is 5.34. The normalized spacial score (nSPS) is 28.9. The van der Waals surface area contributed by atoms with Crippen LogP contribution in [0.2, 0.25) is 5.02 Å². The van der Waals surface area contributed by atoms with E-state index >= 15 is 0 Å². The molecule has 5 heteroatoms. The zero-order valence-corrected chi connectivity index (χ0v) is 15.7. The third kappa shape index (κ3) is 3.27. The second-order valence-corrected chi connectivity index (χ2v) is 7.93. The lowest BCUT2D eigenvalue weighted by Gasteiger charge is -2.27. The highest BCUT2D eigenvalue weighted by Gasteiger charge is 2.44. The van der Waals surface area contributed by atoms with Gasteiger partial charge in [-0.1, -0.05) is 11.6 Å². The Kier molecular flexibility index (Phi) is 5.07. The van der Waals surface area contributed by atoms with Crippen molar-refractivity contribution in [3.63, 3.8) is 0 Å². The van der Waals surface area contributed by atoms with E-state index in [4.69, 9.17) is 16.3 Å². The van der Waals surface area contributed by atoms with Crippen LogP contribution in [0.1, 0.15) is 36.0 Å². The van der Waals surface area contributed by atoms with Gasteiger partial charge in [-0.25, -0.2) is 0 Å². The lowest BCUT2D eigenvalue weighted by atomic mass is 10.0. The van der Waals surface area contributed by atoms with Crippen molar-refractivity contribution >= 4 is 17.5 Å². The molecule has 1 aromatic rings. The summed E-state index contributed by atoms with van der Waals surface area (Å²) >= 11 is 6.07. The number of rotatable bonds is 4. The first-order chi connectivity index (χ1) is 11.4. The Morgan fingerprint density at radius 2 is 1.67 bits per heavy atom. The SMILES string of the molecule is COc1ccc(Cl)cc1C(=O)N(C)C1C[C@H]2CC(N(C)C)C[C@H]2C1. The fourth-order valence-electron chi connectivity index (χ4n) is 4.49. The molecular weight excluding hydrogens is 324 g/mol. The number of ether oxygens (including phenoxy) is 1. The number of carbonyl (C=O) groups is 1. The fourth-order valence-corrected chi connectivity index (χ4v) is 4.67. The molecule has 132 valence electrons. The standard InChI is InChI=1S/C19H27ClN2O2/c1-21(2)15-7-12-9-16(10-13(12)8-15)22(3)19(23)17-11-14(20)5-6-18(17)24-4/h5-6,11-13,15-16H,7-10H2,1-4H3/t12-,13+,15?,16?. The van der Waals surface area contributed by atoms with Crippen molar-refractivity contribution in [1.82, 2.24) is 9.80 Å². The van der Waals surface area contributed by atoms with E-state index in [1.165, 1.54) is 12.8 Å². The topological polar surface area (TPSA) is 32.8 Å². The maximum atomic E-state index is 12.9. The first kappa shape index (κ1) is 17.6. The molecule has 3 rings (SSSR count). The summed E-state index contributed by atoms with van der Waals surface area (Å²) in [6.07, 6.45) is 4.74. The predicted octanol–water partition coefficient (Wildman–Crippen LogP) is 3.54. The number of amides is 1. The average Bonchev–Trinajstić information content (AvgIpc) is 3.12. The molecule has 0 radical (unpaired) electrons. The van der Waals surface area contributed by atoms with Gasteiger partial charge in [0, 0.05) is 24.2 Å². The highest BCUT2D eigenvalue weighted by molar-refractivity contribution is 6.31. The molecule has 24 heavy (non-hydrogen) atoms. The van der Waals surface area contributed by atoms with Crippen LogP contribution < -0.4 is 4.74 Å². The average molecular weight is 351 g/mol. The number of halogens is 1. The number of methoxy groups -OCH3 is 1. The second kappa shape index (κ2) is 6.93. The zero-order chi connectivity index (χ0) is 17.4. The number of nitrogens with zero attached hydrogens (tertiary/aromatic N) is 2. The van der Waals surface area contributed by atoms with Crippen LogP contribution >= 0.6 is 11.6 Å². The molecule has 2 unspecified atom stereocenters. The maximum Gasteiger partial charge on any atom is 0.257 e. The van der Waals surface area contributed by atoms with E-state index in [0.717, 1.165) is 24.7 Å². The van der Waals surface area contributed by atoms with Gasteiger partial charge in [0.1, 0.15) is 5.75 Å². The molecule has 0 spiro atoms. The van der Waals surface area contributed by atoms with Crippen molar-refractivity contribution in [3.8, 4) is 5.75 Å². The molecule has 0 aliphatic heterocycles. The van der Waals surface area contributed by atoms with Gasteiger partial charge in [0.05, 0.1) is 12.7 Å². The van der Waals surface area contributed by atoms with Crippen LogP contribution in [0.15, 0.2) is 18.2 Å². The minimum atomic E-state index is 0.00323. The number of hydrogen-bond donors (Lipinski definition) is 0. The highest BCUT2D eigenvalue weighted by Crippen LogP contribution is 2.46. The van der Waals surface area contributed by atoms with E-state index in [2.05, 4.69) is 19.0 Å². The van der Waals surface area contributed by atoms with Crippen molar-refractivity contribution in [3.05, 3.63) is 28.8 Å². The fraction of sp³-hybridized carbons (Fsp3) is 0.632. The quantitative estimate of drug-likeness (QED) is 0.832. The number of fused-ring (bicyclic) bond motifs is 1. The monoisotopic (exact) mass is 350 g/mol. The summed E-state index contributed by atoms with van der Waals surface area (Å²) in [6.45, 7) is 0. The number of carbonyl (C=O) groups excluding carboxylic acids is 1. The van der Waals surface area contributed by atoms with Crippen LogP contribution in [0.4, 0.5) is 0 Å². The minimum absolute atomic E-state index is 0.00323. The Balaban J connectivity index is 1.69. The molecule has 4 nitrogen and oxygen atoms in total. The smallest absolute Gasteiger partial charge is 0.257 e. The Morgan fingerprint density at radius 3 is 2.21 bits per heavy atom. The van der Waals surface area contributed by atoms with E-state index in [1.807, 2.05) is 11.9 Å². The maximum absolute atomic E-state index is 12.9. The van der Waals surface area contributed by atoms with Gasteiger partial charge in [-0.3, -0.25) is 4.79 Å². The van der Waals surface area contributed by atoms with E-state index < -0.39 is 0 Å². The van der Waals surface area contributed by atoms with Crippen molar-refractivity contribution in [1.29, 1.82) is 0 Å². The van der Waals surface area contributed by atoms with Crippen LogP contribution in [0, 0.1) is 11.8 Å². The van der Waals surface area contributed by atoms with Gasteiger partial charge < -0.3 is 14.5 Å². The molecule has 2 aliphatic rings. The minimum Gasteiger partial charge on any atom is -0.496 e. The van der Waals surface area contributed by atoms with Gasteiger partial charge in [-0.15, -0.1) is 0 Å². The molecule has 2 saturated carbocycles. The molecular formula is C19H27ClN2O2. The van der Waals surface area contributed by atoms with Crippen LogP contribution in [-0.2, 0) is 0 Å². The lowest BCUT2D eigenvalue weighted by Crippen LogP contribution is -2.36. The van der Waals surface area contributed by atoms with E-state index in [1.54, 1.807) is 25.3 Å². The number of hydrogen-bond acceptors (Lipinski definition) is 3. The molecule has 0 N–H and O–H groups in total. The molecule has 0 aromatic heterocycles. The van der Waals surface area contributed by atoms with E-state index in [9.17, 15) is 4.79 Å². The highest BCUT2D eigenvalue weighted by atomic mass is 35.5. The van der Waals surface area contributed by atoms with E-state index in [-0.39, 0.29) is 5.91 Å². The second-order valence-electron chi connectivity index (χ2n) is 7.49. The van der Waals surface area contributed by atoms with Crippen LogP contribution in [-0.4, -0.2) is 56.0 Å². The summed E-state index contributed by atoms with van der Waals surface area (Å²) in [4.78, 5) is 17.2. The zero-order valence-electron chi connectivity index (χ0n) is 15.0. The lowest BCUT2D eigenvalue weighted by molar-refractivity contribution is 0.0723. The molecule has 2 fully saturated rings. The Morgan fingerprint density at radius 1 is 1.08 bits per heavy atom. The summed E-state index contributed by atoms with van der Waals surface area (Å²) in [6, 6.07) is 6.23. The molecule has 1 aromatic carbocycles. The third-order valence-electron chi connectivity index (χ3n) is 5.96. The molecule has 0 saturated heterocycles. The van der Waals surface area contributed by atoms with Gasteiger partial charge in [0.25, 0.3) is 5.91 Å². The van der Waals surface area contributed by atoms with E-state index in [0.29, 0.717) is 28.4 Å². The third-order valence-corrected chi connectivity index (χ3v) is 6.19. The van der Waals surface area contributed by atoms with Gasteiger partial charge >= 0.3 is 0 Å². The van der Waals surface area contributed by atoms with Gasteiger partial charge in [0.2, 0.25) is 0 Å².